The highest BCUT2D eigenvalue weighted by atomic mass is 79.9. The molecule has 0 unspecified atom stereocenters. The van der Waals surface area contributed by atoms with E-state index >= 15 is 0 Å². The molecular weight excluding hydrogens is 601 g/mol. The van der Waals surface area contributed by atoms with Gasteiger partial charge in [-0.2, -0.15) is 18.3 Å². The summed E-state index contributed by atoms with van der Waals surface area (Å²) in [6.45, 7) is 2.93. The van der Waals surface area contributed by atoms with E-state index in [-0.39, 0.29) is 6.61 Å². The van der Waals surface area contributed by atoms with Crippen molar-refractivity contribution in [3.05, 3.63) is 123 Å². The molecule has 0 fully saturated rings. The molecule has 0 aromatic heterocycles. The highest BCUT2D eigenvalue weighted by molar-refractivity contribution is 9.10. The normalized spacial score (nSPS) is 11.3. The molecule has 0 aliphatic heterocycles. The molecule has 41 heavy (non-hydrogen) atoms. The molecule has 4 aromatic carbocycles. The summed E-state index contributed by atoms with van der Waals surface area (Å²) in [4.78, 5) is 12.4. The van der Waals surface area contributed by atoms with Crippen LogP contribution in [0.3, 0.4) is 0 Å². The molecule has 0 aliphatic rings. The molecular formula is C31H26BrF3N2O4. The van der Waals surface area contributed by atoms with E-state index in [4.69, 9.17) is 14.2 Å². The summed E-state index contributed by atoms with van der Waals surface area (Å²) in [7, 11) is 0. The van der Waals surface area contributed by atoms with Gasteiger partial charge in [0.15, 0.2) is 11.5 Å². The number of hydrazone groups is 1. The molecule has 10 heteroatoms. The van der Waals surface area contributed by atoms with E-state index in [9.17, 15) is 18.0 Å². The van der Waals surface area contributed by atoms with Crippen molar-refractivity contribution < 1.29 is 32.2 Å². The van der Waals surface area contributed by atoms with Crippen molar-refractivity contribution in [1.29, 1.82) is 0 Å². The van der Waals surface area contributed by atoms with Crippen LogP contribution in [0.5, 0.6) is 17.2 Å². The molecule has 6 nitrogen and oxygen atoms in total. The van der Waals surface area contributed by atoms with E-state index < -0.39 is 23.2 Å². The second-order valence-corrected chi connectivity index (χ2v) is 9.62. The molecule has 4 aromatic rings. The van der Waals surface area contributed by atoms with Crippen LogP contribution in [-0.2, 0) is 19.4 Å². The van der Waals surface area contributed by atoms with Crippen molar-refractivity contribution in [3.8, 4) is 17.2 Å². The van der Waals surface area contributed by atoms with Gasteiger partial charge in [0.25, 0.3) is 5.91 Å². The van der Waals surface area contributed by atoms with Gasteiger partial charge in [0.05, 0.1) is 23.9 Å². The van der Waals surface area contributed by atoms with Gasteiger partial charge in [0, 0.05) is 10.0 Å². The number of nitrogens with one attached hydrogen (secondary N) is 1. The first-order valence-electron chi connectivity index (χ1n) is 12.6. The largest absolute Gasteiger partial charge is 0.490 e. The average molecular weight is 627 g/mol. The quantitative estimate of drug-likeness (QED) is 0.136. The highest BCUT2D eigenvalue weighted by Crippen LogP contribution is 2.32. The van der Waals surface area contributed by atoms with Crippen molar-refractivity contribution in [2.24, 2.45) is 5.10 Å². The number of alkyl halides is 3. The number of amides is 1. The zero-order valence-corrected chi connectivity index (χ0v) is 23.5. The number of carbonyl (C=O) groups is 1. The Kier molecular flexibility index (Phi) is 10.0. The summed E-state index contributed by atoms with van der Waals surface area (Å²) in [5.74, 6) is 0.664. The average Bonchev–Trinajstić information content (AvgIpc) is 2.96. The van der Waals surface area contributed by atoms with Gasteiger partial charge in [-0.15, -0.1) is 0 Å². The van der Waals surface area contributed by atoms with Crippen molar-refractivity contribution in [3.63, 3.8) is 0 Å². The molecule has 0 atom stereocenters. The van der Waals surface area contributed by atoms with E-state index in [1.807, 2.05) is 55.5 Å². The maximum atomic E-state index is 13.3. The third kappa shape index (κ3) is 8.34. The number of nitrogens with zero attached hydrogens (tertiary/aromatic N) is 1. The minimum absolute atomic E-state index is 0.187. The lowest BCUT2D eigenvalue weighted by Crippen LogP contribution is -2.22. The number of hydrogen-bond acceptors (Lipinski definition) is 5. The van der Waals surface area contributed by atoms with Crippen molar-refractivity contribution in [1.82, 2.24) is 5.43 Å². The molecule has 212 valence electrons. The van der Waals surface area contributed by atoms with Gasteiger partial charge in [0.1, 0.15) is 19.0 Å². The van der Waals surface area contributed by atoms with Crippen LogP contribution in [0.1, 0.15) is 39.5 Å². The summed E-state index contributed by atoms with van der Waals surface area (Å²) in [6.07, 6.45) is -3.36. The topological polar surface area (TPSA) is 69.2 Å². The van der Waals surface area contributed by atoms with Crippen LogP contribution >= 0.6 is 15.9 Å². The number of ether oxygens (including phenoxy) is 3. The fourth-order valence-corrected chi connectivity index (χ4v) is 4.21. The van der Waals surface area contributed by atoms with Gasteiger partial charge in [-0.25, -0.2) is 5.43 Å². The van der Waals surface area contributed by atoms with Crippen LogP contribution in [0.25, 0.3) is 0 Å². The van der Waals surface area contributed by atoms with Crippen LogP contribution in [0.4, 0.5) is 13.2 Å². The summed E-state index contributed by atoms with van der Waals surface area (Å²) in [5, 5.41) is 3.86. The maximum Gasteiger partial charge on any atom is 0.417 e. The van der Waals surface area contributed by atoms with Gasteiger partial charge in [-0.1, -0.05) is 64.5 Å². The lowest BCUT2D eigenvalue weighted by molar-refractivity contribution is -0.137. The standard InChI is InChI=1S/C31H26BrF3N2O4/c1-2-39-29-16-22(12-14-28(29)41-19-21-8-4-3-5-9-21)20-40-27-15-13-24(32)17-23(27)18-36-37-30(38)25-10-6-7-11-26(25)31(33,34)35/h3-18H,2,19-20H2,1H3,(H,37,38)/b36-18+. The Bertz CT molecular complexity index is 1510. The molecule has 0 spiro atoms. The summed E-state index contributed by atoms with van der Waals surface area (Å²) < 4.78 is 58.3. The molecule has 0 saturated carbocycles. The molecule has 0 saturated heterocycles. The summed E-state index contributed by atoms with van der Waals surface area (Å²) in [5.41, 5.74) is 2.95. The first-order valence-corrected chi connectivity index (χ1v) is 13.4. The number of benzene rings is 4. The number of carbonyl (C=O) groups excluding carboxylic acids is 1. The number of halogens is 4. The van der Waals surface area contributed by atoms with Crippen molar-refractivity contribution in [2.45, 2.75) is 26.3 Å². The van der Waals surface area contributed by atoms with Crippen LogP contribution in [0.15, 0.2) is 101 Å². The second kappa shape index (κ2) is 13.8. The number of rotatable bonds is 11. The molecule has 1 N–H and O–H groups in total. The Balaban J connectivity index is 1.44. The zero-order chi connectivity index (χ0) is 29.2. The van der Waals surface area contributed by atoms with E-state index in [0.717, 1.165) is 27.7 Å². The molecule has 0 aliphatic carbocycles. The zero-order valence-electron chi connectivity index (χ0n) is 22.0. The van der Waals surface area contributed by atoms with Gasteiger partial charge in [0.2, 0.25) is 0 Å². The van der Waals surface area contributed by atoms with E-state index in [1.165, 1.54) is 18.3 Å². The third-order valence-electron chi connectivity index (χ3n) is 5.76. The van der Waals surface area contributed by atoms with E-state index in [1.54, 1.807) is 18.2 Å². The Labute approximate surface area is 243 Å². The molecule has 1 amide bonds. The predicted molar refractivity (Wildman–Crippen MR) is 153 cm³/mol. The van der Waals surface area contributed by atoms with E-state index in [0.29, 0.717) is 36.0 Å². The van der Waals surface area contributed by atoms with Gasteiger partial charge < -0.3 is 14.2 Å². The molecule has 0 radical (unpaired) electrons. The smallest absolute Gasteiger partial charge is 0.417 e. The lowest BCUT2D eigenvalue weighted by atomic mass is 10.1. The Morgan fingerprint density at radius 3 is 2.27 bits per heavy atom. The summed E-state index contributed by atoms with van der Waals surface area (Å²) >= 11 is 3.39. The predicted octanol–water partition coefficient (Wildman–Crippen LogP) is 7.79. The monoisotopic (exact) mass is 626 g/mol. The molecule has 4 rings (SSSR count). The van der Waals surface area contributed by atoms with Gasteiger partial charge >= 0.3 is 6.18 Å². The lowest BCUT2D eigenvalue weighted by Gasteiger charge is -2.15. The van der Waals surface area contributed by atoms with Crippen molar-refractivity contribution >= 4 is 28.1 Å². The highest BCUT2D eigenvalue weighted by Gasteiger charge is 2.34. The third-order valence-corrected chi connectivity index (χ3v) is 6.25. The molecule has 0 bridgehead atoms. The second-order valence-electron chi connectivity index (χ2n) is 8.70. The Hall–Kier alpha value is -4.31. The minimum atomic E-state index is -4.67. The van der Waals surface area contributed by atoms with Crippen LogP contribution in [0, 0.1) is 0 Å². The van der Waals surface area contributed by atoms with Crippen LogP contribution in [-0.4, -0.2) is 18.7 Å². The minimum Gasteiger partial charge on any atom is -0.490 e. The van der Waals surface area contributed by atoms with Crippen molar-refractivity contribution in [2.75, 3.05) is 6.61 Å². The fraction of sp³-hybridized carbons (Fsp3) is 0.161. The van der Waals surface area contributed by atoms with Crippen LogP contribution in [0.2, 0.25) is 0 Å². The molecule has 0 heterocycles. The first kappa shape index (κ1) is 29.7. The first-order chi connectivity index (χ1) is 19.7. The maximum absolute atomic E-state index is 13.3. The number of hydrogen-bond donors (Lipinski definition) is 1. The van der Waals surface area contributed by atoms with E-state index in [2.05, 4.69) is 26.5 Å². The SMILES string of the molecule is CCOc1cc(COc2ccc(Br)cc2/C=N/NC(=O)c2ccccc2C(F)(F)F)ccc1OCc1ccccc1. The Morgan fingerprint density at radius 1 is 0.829 bits per heavy atom. The fourth-order valence-electron chi connectivity index (χ4n) is 3.83. The van der Waals surface area contributed by atoms with Gasteiger partial charge in [-0.05, 0) is 60.5 Å². The Morgan fingerprint density at radius 2 is 1.51 bits per heavy atom. The van der Waals surface area contributed by atoms with Gasteiger partial charge in [-0.3, -0.25) is 4.79 Å². The van der Waals surface area contributed by atoms with Crippen LogP contribution < -0.4 is 19.6 Å². The summed E-state index contributed by atoms with van der Waals surface area (Å²) in [6, 6.07) is 25.0.